The number of hydrogen-bond donors (Lipinski definition) is 2. The van der Waals surface area contributed by atoms with Gasteiger partial charge in [-0.2, -0.15) is 0 Å². The zero-order chi connectivity index (χ0) is 21.4. The summed E-state index contributed by atoms with van der Waals surface area (Å²) in [6.45, 7) is 2.42. The minimum absolute atomic E-state index is 0.0229. The van der Waals surface area contributed by atoms with E-state index < -0.39 is 0 Å². The summed E-state index contributed by atoms with van der Waals surface area (Å²) in [5, 5.41) is 14.2. The van der Waals surface area contributed by atoms with Crippen LogP contribution in [0, 0.1) is 4.91 Å². The summed E-state index contributed by atoms with van der Waals surface area (Å²) in [5.41, 5.74) is 0.489. The Labute approximate surface area is 175 Å². The van der Waals surface area contributed by atoms with E-state index in [4.69, 9.17) is 5.11 Å². The van der Waals surface area contributed by atoms with Gasteiger partial charge in [0.25, 0.3) is 0 Å². The highest BCUT2D eigenvalue weighted by molar-refractivity contribution is 5.75. The quantitative estimate of drug-likeness (QED) is 0.143. The van der Waals surface area contributed by atoms with Gasteiger partial charge < -0.3 is 10.4 Å². The van der Waals surface area contributed by atoms with Crippen molar-refractivity contribution in [2.75, 3.05) is 13.2 Å². The lowest BCUT2D eigenvalue weighted by Gasteiger charge is -1.99. The van der Waals surface area contributed by atoms with E-state index in [2.05, 4.69) is 41.7 Å². The third-order valence-corrected chi connectivity index (χ3v) is 3.82. The van der Waals surface area contributed by atoms with Crippen molar-refractivity contribution in [2.45, 2.75) is 58.3 Å². The lowest BCUT2D eigenvalue weighted by molar-refractivity contribution is -0.121. The van der Waals surface area contributed by atoms with Crippen LogP contribution in [0.4, 0.5) is 0 Å². The van der Waals surface area contributed by atoms with E-state index in [9.17, 15) is 9.70 Å². The molecule has 0 saturated heterocycles. The van der Waals surface area contributed by atoms with Crippen molar-refractivity contribution in [2.24, 2.45) is 5.18 Å². The number of aliphatic hydroxyl groups excluding tert-OH is 1. The number of nitrogens with zero attached hydrogens (tertiary/aromatic N) is 1. The molecule has 0 spiro atoms. The summed E-state index contributed by atoms with van der Waals surface area (Å²) in [7, 11) is 0. The number of aliphatic hydroxyl groups is 1. The molecule has 0 saturated carbocycles. The molecule has 0 aromatic carbocycles. The van der Waals surface area contributed by atoms with Gasteiger partial charge in [-0.1, -0.05) is 74.1 Å². The first-order valence-electron chi connectivity index (χ1n) is 10.4. The maximum absolute atomic E-state index is 11.3. The number of carbonyl (C=O) groups excluding carboxylic acids is 1. The molecule has 0 aromatic rings. The molecule has 0 aliphatic rings. The van der Waals surface area contributed by atoms with Gasteiger partial charge in [0.05, 0.1) is 6.61 Å². The number of carbonyl (C=O) groups is 1. The van der Waals surface area contributed by atoms with Crippen LogP contribution in [0.1, 0.15) is 58.3 Å². The minimum atomic E-state index is -0.0294. The summed E-state index contributed by atoms with van der Waals surface area (Å²) >= 11 is 0. The van der Waals surface area contributed by atoms with Crippen LogP contribution in [0.15, 0.2) is 77.7 Å². The predicted octanol–water partition coefficient (Wildman–Crippen LogP) is 5.67. The first kappa shape index (κ1) is 26.5. The largest absolute Gasteiger partial charge is 0.395 e. The van der Waals surface area contributed by atoms with Crippen molar-refractivity contribution >= 4 is 5.91 Å². The Morgan fingerprint density at radius 1 is 0.931 bits per heavy atom. The Balaban J connectivity index is 3.79. The van der Waals surface area contributed by atoms with E-state index in [1.165, 1.54) is 0 Å². The standard InChI is InChI=1S/C24H36N2O3/c1-2-3-15-18-23(26-29)19-16-13-11-9-7-5-4-6-8-10-12-14-17-20-24(28)25-21-22-27/h5-8,11-14,16,18-19,27H,2-4,9-10,15,17,20-22H2,1H3,(H,25,28)/b7-5?,8-6?,13-11?,14-12?,19-16+,23-18-. The molecular weight excluding hydrogens is 364 g/mol. The number of amides is 1. The minimum Gasteiger partial charge on any atom is -0.395 e. The number of rotatable bonds is 17. The average molecular weight is 401 g/mol. The van der Waals surface area contributed by atoms with Crippen LogP contribution in [0.5, 0.6) is 0 Å². The van der Waals surface area contributed by atoms with Gasteiger partial charge in [-0.15, -0.1) is 4.91 Å². The fraction of sp³-hybridized carbons (Fsp3) is 0.458. The monoisotopic (exact) mass is 400 g/mol. The third kappa shape index (κ3) is 20.0. The molecule has 0 aliphatic heterocycles. The number of nitrogens with one attached hydrogen (secondary N) is 1. The molecule has 0 radical (unpaired) electrons. The zero-order valence-electron chi connectivity index (χ0n) is 17.6. The van der Waals surface area contributed by atoms with E-state index >= 15 is 0 Å². The second kappa shape index (κ2) is 21.8. The summed E-state index contributed by atoms with van der Waals surface area (Å²) in [6, 6.07) is 0. The molecule has 5 nitrogen and oxygen atoms in total. The molecule has 5 heteroatoms. The maximum atomic E-state index is 11.3. The van der Waals surface area contributed by atoms with Gasteiger partial charge in [0.2, 0.25) is 5.91 Å². The molecule has 0 atom stereocenters. The van der Waals surface area contributed by atoms with E-state index in [0.717, 1.165) is 38.5 Å². The predicted molar refractivity (Wildman–Crippen MR) is 122 cm³/mol. The van der Waals surface area contributed by atoms with Gasteiger partial charge in [-0.3, -0.25) is 4.79 Å². The van der Waals surface area contributed by atoms with E-state index in [1.54, 1.807) is 6.08 Å². The fourth-order valence-electron chi connectivity index (χ4n) is 2.23. The smallest absolute Gasteiger partial charge is 0.220 e. The second-order valence-electron chi connectivity index (χ2n) is 6.38. The van der Waals surface area contributed by atoms with Crippen molar-refractivity contribution in [3.8, 4) is 0 Å². The highest BCUT2D eigenvalue weighted by Crippen LogP contribution is 2.04. The van der Waals surface area contributed by atoms with Crippen LogP contribution in [0.3, 0.4) is 0 Å². The fourth-order valence-corrected chi connectivity index (χ4v) is 2.23. The molecule has 2 N–H and O–H groups in total. The van der Waals surface area contributed by atoms with Crippen LogP contribution >= 0.6 is 0 Å². The first-order chi connectivity index (χ1) is 14.2. The summed E-state index contributed by atoms with van der Waals surface area (Å²) < 4.78 is 0. The molecule has 29 heavy (non-hydrogen) atoms. The van der Waals surface area contributed by atoms with Crippen LogP contribution in [-0.4, -0.2) is 24.2 Å². The molecule has 0 aliphatic carbocycles. The Bertz CT molecular complexity index is 599. The Hall–Kier alpha value is -2.53. The Kier molecular flexibility index (Phi) is 19.9. The summed E-state index contributed by atoms with van der Waals surface area (Å²) in [4.78, 5) is 22.0. The zero-order valence-corrected chi connectivity index (χ0v) is 17.6. The highest BCUT2D eigenvalue weighted by Gasteiger charge is 1.96. The number of allylic oxidation sites excluding steroid dienone is 11. The van der Waals surface area contributed by atoms with Crippen LogP contribution in [0.2, 0.25) is 0 Å². The molecule has 1 amide bonds. The molecule has 0 bridgehead atoms. The van der Waals surface area contributed by atoms with Gasteiger partial charge in [0.15, 0.2) is 0 Å². The number of unbranched alkanes of at least 4 members (excludes halogenated alkanes) is 2. The van der Waals surface area contributed by atoms with Crippen LogP contribution < -0.4 is 5.32 Å². The average Bonchev–Trinajstić information content (AvgIpc) is 2.73. The SMILES string of the molecule is CCCC/C=C(/C=C/C=CCC=CCC=CCC=CCCC(=O)NCCO)N=O. The molecule has 0 aromatic heterocycles. The van der Waals surface area contributed by atoms with Gasteiger partial charge in [-0.05, 0) is 49.8 Å². The van der Waals surface area contributed by atoms with Crippen molar-refractivity contribution < 1.29 is 9.90 Å². The van der Waals surface area contributed by atoms with Crippen molar-refractivity contribution in [1.29, 1.82) is 0 Å². The van der Waals surface area contributed by atoms with Crippen LogP contribution in [-0.2, 0) is 4.79 Å². The van der Waals surface area contributed by atoms with E-state index in [0.29, 0.717) is 25.1 Å². The first-order valence-corrected chi connectivity index (χ1v) is 10.4. The van der Waals surface area contributed by atoms with Gasteiger partial charge in [-0.25, -0.2) is 0 Å². The van der Waals surface area contributed by atoms with Crippen molar-refractivity contribution in [3.63, 3.8) is 0 Å². The van der Waals surface area contributed by atoms with Gasteiger partial charge in [0.1, 0.15) is 5.70 Å². The third-order valence-electron chi connectivity index (χ3n) is 3.82. The highest BCUT2D eigenvalue weighted by atomic mass is 16.3. The topological polar surface area (TPSA) is 78.8 Å². The molecular formula is C24H36N2O3. The van der Waals surface area contributed by atoms with Gasteiger partial charge in [0, 0.05) is 13.0 Å². The normalized spacial score (nSPS) is 13.0. The van der Waals surface area contributed by atoms with Gasteiger partial charge >= 0.3 is 0 Å². The lowest BCUT2D eigenvalue weighted by Crippen LogP contribution is -2.25. The van der Waals surface area contributed by atoms with Crippen molar-refractivity contribution in [1.82, 2.24) is 5.32 Å². The van der Waals surface area contributed by atoms with Crippen molar-refractivity contribution in [3.05, 3.63) is 77.4 Å². The molecule has 0 fully saturated rings. The van der Waals surface area contributed by atoms with E-state index in [-0.39, 0.29) is 12.5 Å². The number of hydrogen-bond acceptors (Lipinski definition) is 4. The lowest BCUT2D eigenvalue weighted by atomic mass is 10.2. The maximum Gasteiger partial charge on any atom is 0.220 e. The number of nitroso groups, excluding NO2 is 1. The Morgan fingerprint density at radius 3 is 2.21 bits per heavy atom. The Morgan fingerprint density at radius 2 is 1.59 bits per heavy atom. The molecule has 0 rings (SSSR count). The molecule has 160 valence electrons. The summed E-state index contributed by atoms with van der Waals surface area (Å²) in [5.74, 6) is -0.0294. The van der Waals surface area contributed by atoms with Crippen LogP contribution in [0.25, 0.3) is 0 Å². The van der Waals surface area contributed by atoms with E-state index in [1.807, 2.05) is 36.5 Å². The summed E-state index contributed by atoms with van der Waals surface area (Å²) in [6.07, 6.45) is 28.7. The molecule has 0 unspecified atom stereocenters. The second-order valence-corrected chi connectivity index (χ2v) is 6.38. The molecule has 0 heterocycles.